The monoisotopic (exact) mass is 580 g/mol. The number of anilines is 1. The topological polar surface area (TPSA) is 123 Å². The van der Waals surface area contributed by atoms with Crippen LogP contribution >= 0.6 is 11.3 Å². The van der Waals surface area contributed by atoms with E-state index in [2.05, 4.69) is 32.4 Å². The van der Waals surface area contributed by atoms with Crippen molar-refractivity contribution < 1.29 is 23.9 Å². The summed E-state index contributed by atoms with van der Waals surface area (Å²) in [7, 11) is 1.33. The fraction of sp³-hybridized carbons (Fsp3) is 0.219. The number of thiophene rings is 1. The molecule has 0 aliphatic heterocycles. The summed E-state index contributed by atoms with van der Waals surface area (Å²) in [5.41, 5.74) is 4.98. The zero-order chi connectivity index (χ0) is 29.2. The Bertz CT molecular complexity index is 1780. The smallest absolute Gasteiger partial charge is 0.341 e. The van der Waals surface area contributed by atoms with E-state index in [0.29, 0.717) is 39.8 Å². The van der Waals surface area contributed by atoms with Crippen LogP contribution < -0.4 is 5.32 Å². The van der Waals surface area contributed by atoms with E-state index in [4.69, 9.17) is 9.47 Å². The Kier molecular flexibility index (Phi) is 7.54. The highest BCUT2D eigenvalue weighted by Gasteiger charge is 2.31. The standard InChI is InChI=1S/C32H28N4O5S/c1-18(41-31(38)21-11-13-24-25(15-21)35-28(34-24)22-9-6-14-33-17-22)29(37)36-30-27(32(39)40-2)23-12-10-20(16-26(23)42-30)19-7-4-3-5-8-19/h3-9,11,13-15,17-18,20H,10,12,16H2,1-2H3,(H,34,35)(H,36,37). The summed E-state index contributed by atoms with van der Waals surface area (Å²) in [6.07, 6.45) is 4.64. The lowest BCUT2D eigenvalue weighted by Crippen LogP contribution is -2.30. The van der Waals surface area contributed by atoms with Crippen LogP contribution in [0, 0.1) is 0 Å². The highest BCUT2D eigenvalue weighted by atomic mass is 32.1. The molecule has 1 aliphatic rings. The molecule has 2 N–H and O–H groups in total. The largest absolute Gasteiger partial charge is 0.465 e. The number of rotatable bonds is 7. The third-order valence-corrected chi connectivity index (χ3v) is 8.64. The second-order valence-corrected chi connectivity index (χ2v) is 11.3. The van der Waals surface area contributed by atoms with Gasteiger partial charge in [-0.3, -0.25) is 9.78 Å². The number of aromatic nitrogens is 3. The van der Waals surface area contributed by atoms with Gasteiger partial charge in [-0.05, 0) is 73.6 Å². The molecular formula is C32H28N4O5S. The second-order valence-electron chi connectivity index (χ2n) is 10.1. The molecule has 0 radical (unpaired) electrons. The van der Waals surface area contributed by atoms with Gasteiger partial charge in [-0.2, -0.15) is 0 Å². The van der Waals surface area contributed by atoms with Gasteiger partial charge in [0.1, 0.15) is 10.8 Å². The van der Waals surface area contributed by atoms with Crippen LogP contribution in [0.3, 0.4) is 0 Å². The average Bonchev–Trinajstić information content (AvgIpc) is 3.62. The molecule has 5 aromatic rings. The fourth-order valence-corrected chi connectivity index (χ4v) is 6.59. The van der Waals surface area contributed by atoms with Crippen LogP contribution in [-0.4, -0.2) is 46.0 Å². The van der Waals surface area contributed by atoms with Crippen LogP contribution in [-0.2, 0) is 27.1 Å². The number of esters is 2. The molecule has 0 saturated heterocycles. The first-order chi connectivity index (χ1) is 20.4. The van der Waals surface area contributed by atoms with Gasteiger partial charge < -0.3 is 19.8 Å². The number of hydrogen-bond acceptors (Lipinski definition) is 8. The number of fused-ring (bicyclic) bond motifs is 2. The van der Waals surface area contributed by atoms with E-state index in [1.165, 1.54) is 30.9 Å². The Morgan fingerprint density at radius 3 is 2.67 bits per heavy atom. The van der Waals surface area contributed by atoms with E-state index in [-0.39, 0.29) is 5.56 Å². The summed E-state index contributed by atoms with van der Waals surface area (Å²) in [5, 5.41) is 3.24. The van der Waals surface area contributed by atoms with Gasteiger partial charge >= 0.3 is 11.9 Å². The maximum absolute atomic E-state index is 13.2. The summed E-state index contributed by atoms with van der Waals surface area (Å²) < 4.78 is 10.6. The number of hydrogen-bond donors (Lipinski definition) is 2. The first kappa shape index (κ1) is 27.3. The zero-order valence-corrected chi connectivity index (χ0v) is 23.9. The number of ether oxygens (including phenoxy) is 2. The molecule has 2 aromatic carbocycles. The van der Waals surface area contributed by atoms with Crippen LogP contribution in [0.25, 0.3) is 22.4 Å². The molecule has 0 spiro atoms. The molecule has 10 heteroatoms. The molecule has 212 valence electrons. The molecule has 1 aliphatic carbocycles. The van der Waals surface area contributed by atoms with Gasteiger partial charge in [0.2, 0.25) is 0 Å². The van der Waals surface area contributed by atoms with Crippen molar-refractivity contribution in [3.05, 3.63) is 100 Å². The lowest BCUT2D eigenvalue weighted by atomic mass is 9.83. The van der Waals surface area contributed by atoms with Crippen LogP contribution in [0.4, 0.5) is 5.00 Å². The van der Waals surface area contributed by atoms with Crippen molar-refractivity contribution in [2.45, 2.75) is 38.2 Å². The van der Waals surface area contributed by atoms with Crippen molar-refractivity contribution in [2.75, 3.05) is 12.4 Å². The van der Waals surface area contributed by atoms with Crippen molar-refractivity contribution in [2.24, 2.45) is 0 Å². The van der Waals surface area contributed by atoms with E-state index in [1.807, 2.05) is 30.3 Å². The van der Waals surface area contributed by atoms with Gasteiger partial charge in [0, 0.05) is 22.8 Å². The first-order valence-electron chi connectivity index (χ1n) is 13.6. The van der Waals surface area contributed by atoms with E-state index in [1.54, 1.807) is 30.6 Å². The molecule has 0 saturated carbocycles. The number of benzene rings is 2. The summed E-state index contributed by atoms with van der Waals surface area (Å²) >= 11 is 1.38. The van der Waals surface area contributed by atoms with Gasteiger partial charge in [0.05, 0.1) is 29.3 Å². The summed E-state index contributed by atoms with van der Waals surface area (Å²) in [6.45, 7) is 1.50. The summed E-state index contributed by atoms with van der Waals surface area (Å²) in [5.74, 6) is -0.718. The van der Waals surface area contributed by atoms with Gasteiger partial charge in [-0.1, -0.05) is 30.3 Å². The minimum atomic E-state index is -1.11. The van der Waals surface area contributed by atoms with E-state index in [9.17, 15) is 14.4 Å². The highest BCUT2D eigenvalue weighted by molar-refractivity contribution is 7.17. The second kappa shape index (κ2) is 11.6. The third-order valence-electron chi connectivity index (χ3n) is 7.47. The molecule has 1 amide bonds. The summed E-state index contributed by atoms with van der Waals surface area (Å²) in [6, 6.07) is 19.0. The Morgan fingerprint density at radius 1 is 1.07 bits per heavy atom. The molecule has 0 fully saturated rings. The molecular weight excluding hydrogens is 552 g/mol. The lowest BCUT2D eigenvalue weighted by Gasteiger charge is -2.22. The predicted octanol–water partition coefficient (Wildman–Crippen LogP) is 5.93. The molecule has 2 unspecified atom stereocenters. The maximum atomic E-state index is 13.2. The molecule has 6 rings (SSSR count). The third kappa shape index (κ3) is 5.40. The molecule has 9 nitrogen and oxygen atoms in total. The number of pyridine rings is 1. The minimum absolute atomic E-state index is 0.275. The van der Waals surface area contributed by atoms with E-state index < -0.39 is 23.9 Å². The first-order valence-corrected chi connectivity index (χ1v) is 14.4. The number of methoxy groups -OCH3 is 1. The van der Waals surface area contributed by atoms with Crippen LogP contribution in [0.1, 0.15) is 56.0 Å². The number of imidazole rings is 1. The highest BCUT2D eigenvalue weighted by Crippen LogP contribution is 2.42. The molecule has 3 aromatic heterocycles. The minimum Gasteiger partial charge on any atom is -0.465 e. The van der Waals surface area contributed by atoms with Crippen LogP contribution in [0.2, 0.25) is 0 Å². The Balaban J connectivity index is 1.17. The van der Waals surface area contributed by atoms with Crippen molar-refractivity contribution >= 4 is 45.2 Å². The number of H-pyrrole nitrogens is 1. The Labute approximate surface area is 245 Å². The Hall–Kier alpha value is -4.83. The average molecular weight is 581 g/mol. The van der Waals surface area contributed by atoms with Crippen LogP contribution in [0.15, 0.2) is 73.1 Å². The molecule has 42 heavy (non-hydrogen) atoms. The normalized spacial score (nSPS) is 15.0. The van der Waals surface area contributed by atoms with Gasteiger partial charge in [-0.15, -0.1) is 11.3 Å². The summed E-state index contributed by atoms with van der Waals surface area (Å²) in [4.78, 5) is 51.8. The zero-order valence-electron chi connectivity index (χ0n) is 23.0. The number of nitrogens with one attached hydrogen (secondary N) is 2. The number of nitrogens with zero attached hydrogens (tertiary/aromatic N) is 2. The SMILES string of the molecule is COC(=O)c1c(NC(=O)C(C)OC(=O)c2ccc3nc(-c4cccnc4)[nH]c3c2)sc2c1CCC(c1ccccc1)C2. The van der Waals surface area contributed by atoms with Gasteiger partial charge in [0.15, 0.2) is 6.10 Å². The maximum Gasteiger partial charge on any atom is 0.341 e. The van der Waals surface area contributed by atoms with Gasteiger partial charge in [-0.25, -0.2) is 14.6 Å². The van der Waals surface area contributed by atoms with Crippen molar-refractivity contribution in [1.29, 1.82) is 0 Å². The molecule has 2 atom stereocenters. The van der Waals surface area contributed by atoms with Crippen LogP contribution in [0.5, 0.6) is 0 Å². The number of amides is 1. The number of aromatic amines is 1. The number of carbonyl (C=O) groups excluding carboxylic acids is 3. The molecule has 3 heterocycles. The quantitative estimate of drug-likeness (QED) is 0.229. The van der Waals surface area contributed by atoms with Crippen molar-refractivity contribution in [3.63, 3.8) is 0 Å². The lowest BCUT2D eigenvalue weighted by molar-refractivity contribution is -0.123. The molecule has 0 bridgehead atoms. The predicted molar refractivity (Wildman–Crippen MR) is 160 cm³/mol. The van der Waals surface area contributed by atoms with Crippen molar-refractivity contribution in [3.8, 4) is 11.4 Å². The fourth-order valence-electron chi connectivity index (χ4n) is 5.27. The van der Waals surface area contributed by atoms with E-state index in [0.717, 1.165) is 28.8 Å². The Morgan fingerprint density at radius 2 is 1.90 bits per heavy atom. The van der Waals surface area contributed by atoms with Crippen molar-refractivity contribution in [1.82, 2.24) is 15.0 Å². The van der Waals surface area contributed by atoms with Gasteiger partial charge in [0.25, 0.3) is 5.91 Å². The van der Waals surface area contributed by atoms with E-state index >= 15 is 0 Å². The number of carbonyl (C=O) groups is 3.